The molecule has 0 bridgehead atoms. The summed E-state index contributed by atoms with van der Waals surface area (Å²) in [4.78, 5) is 15.8. The molecule has 0 unspecified atom stereocenters. The quantitative estimate of drug-likeness (QED) is 0.522. The van der Waals surface area contributed by atoms with Crippen molar-refractivity contribution < 1.29 is 4.39 Å². The summed E-state index contributed by atoms with van der Waals surface area (Å²) in [5.74, 6) is 0.505. The minimum absolute atomic E-state index is 0.246. The van der Waals surface area contributed by atoms with Gasteiger partial charge in [0.2, 0.25) is 0 Å². The highest BCUT2D eigenvalue weighted by Gasteiger charge is 2.20. The number of pyridine rings is 1. The Kier molecular flexibility index (Phi) is 4.80. The molecule has 1 aromatic carbocycles. The van der Waals surface area contributed by atoms with Crippen LogP contribution in [0.1, 0.15) is 22.5 Å². The van der Waals surface area contributed by atoms with Gasteiger partial charge < -0.3 is 0 Å². The Morgan fingerprint density at radius 3 is 2.67 bits per heavy atom. The van der Waals surface area contributed by atoms with Crippen LogP contribution in [0, 0.1) is 12.7 Å². The summed E-state index contributed by atoms with van der Waals surface area (Å²) >= 11 is 0. The van der Waals surface area contributed by atoms with Crippen LogP contribution in [-0.2, 0) is 19.5 Å². The Morgan fingerprint density at radius 2 is 1.87 bits per heavy atom. The third-order valence-corrected chi connectivity index (χ3v) is 5.44. The number of nitrogens with zero attached hydrogens (tertiary/aromatic N) is 6. The highest BCUT2D eigenvalue weighted by Crippen LogP contribution is 2.23. The van der Waals surface area contributed by atoms with Crippen molar-refractivity contribution in [1.82, 2.24) is 29.6 Å². The molecule has 0 aliphatic carbocycles. The first-order valence-electron chi connectivity index (χ1n) is 9.94. The Balaban J connectivity index is 1.32. The van der Waals surface area contributed by atoms with Crippen LogP contribution >= 0.6 is 0 Å². The second kappa shape index (κ2) is 7.76. The van der Waals surface area contributed by atoms with Crippen LogP contribution in [0.25, 0.3) is 17.1 Å². The summed E-state index contributed by atoms with van der Waals surface area (Å²) in [5.41, 5.74) is 6.27. The first kappa shape index (κ1) is 18.6. The van der Waals surface area contributed by atoms with Gasteiger partial charge >= 0.3 is 0 Å². The van der Waals surface area contributed by atoms with Crippen molar-refractivity contribution in [2.75, 3.05) is 6.54 Å². The molecule has 0 spiro atoms. The molecule has 4 heterocycles. The fraction of sp³-hybridized carbons (Fsp3) is 0.217. The highest BCUT2D eigenvalue weighted by molar-refractivity contribution is 5.54. The summed E-state index contributed by atoms with van der Waals surface area (Å²) < 4.78 is 15.0. The van der Waals surface area contributed by atoms with Gasteiger partial charge in [0, 0.05) is 67.5 Å². The SMILES string of the molecule is Cc1nn(-c2ccc(F)cc2)cc1CN1CCc2nc(-c3ccncc3)ncc2C1. The summed E-state index contributed by atoms with van der Waals surface area (Å²) in [6.07, 6.45) is 8.38. The summed E-state index contributed by atoms with van der Waals surface area (Å²) in [6, 6.07) is 10.2. The number of aromatic nitrogens is 5. The van der Waals surface area contributed by atoms with E-state index < -0.39 is 0 Å². The number of hydrogen-bond acceptors (Lipinski definition) is 5. The fourth-order valence-electron chi connectivity index (χ4n) is 3.77. The lowest BCUT2D eigenvalue weighted by Crippen LogP contribution is -2.31. The van der Waals surface area contributed by atoms with Crippen molar-refractivity contribution in [1.29, 1.82) is 0 Å². The highest BCUT2D eigenvalue weighted by atomic mass is 19.1. The Hall–Kier alpha value is -3.45. The van der Waals surface area contributed by atoms with Gasteiger partial charge in [0.1, 0.15) is 5.82 Å². The molecule has 3 aromatic heterocycles. The third-order valence-electron chi connectivity index (χ3n) is 5.44. The molecule has 150 valence electrons. The zero-order valence-corrected chi connectivity index (χ0v) is 16.7. The van der Waals surface area contributed by atoms with Gasteiger partial charge in [0.05, 0.1) is 17.1 Å². The molecule has 0 saturated heterocycles. The average molecular weight is 400 g/mol. The number of hydrogen-bond donors (Lipinski definition) is 0. The lowest BCUT2D eigenvalue weighted by molar-refractivity contribution is 0.242. The van der Waals surface area contributed by atoms with E-state index in [1.54, 1.807) is 24.5 Å². The van der Waals surface area contributed by atoms with Crippen molar-refractivity contribution in [3.05, 3.63) is 89.5 Å². The van der Waals surface area contributed by atoms with Crippen molar-refractivity contribution in [2.45, 2.75) is 26.4 Å². The molecule has 30 heavy (non-hydrogen) atoms. The minimum atomic E-state index is -0.246. The topological polar surface area (TPSA) is 59.7 Å². The van der Waals surface area contributed by atoms with Crippen LogP contribution < -0.4 is 0 Å². The lowest BCUT2D eigenvalue weighted by atomic mass is 10.1. The van der Waals surface area contributed by atoms with E-state index in [2.05, 4.69) is 20.0 Å². The van der Waals surface area contributed by atoms with E-state index in [-0.39, 0.29) is 5.82 Å². The molecule has 0 radical (unpaired) electrons. The molecule has 0 N–H and O–H groups in total. The maximum atomic E-state index is 13.2. The summed E-state index contributed by atoms with van der Waals surface area (Å²) in [5, 5.41) is 4.60. The molecule has 0 atom stereocenters. The van der Waals surface area contributed by atoms with E-state index in [9.17, 15) is 4.39 Å². The van der Waals surface area contributed by atoms with Gasteiger partial charge in [-0.15, -0.1) is 0 Å². The molecule has 0 amide bonds. The van der Waals surface area contributed by atoms with Crippen LogP contribution in [0.4, 0.5) is 4.39 Å². The van der Waals surface area contributed by atoms with Crippen molar-refractivity contribution >= 4 is 0 Å². The van der Waals surface area contributed by atoms with Crippen molar-refractivity contribution in [3.63, 3.8) is 0 Å². The first-order chi connectivity index (χ1) is 14.7. The molecule has 0 fully saturated rings. The van der Waals surface area contributed by atoms with E-state index in [0.717, 1.165) is 60.1 Å². The molecule has 5 rings (SSSR count). The van der Waals surface area contributed by atoms with E-state index in [1.165, 1.54) is 17.7 Å². The van der Waals surface area contributed by atoms with Gasteiger partial charge in [-0.3, -0.25) is 9.88 Å². The summed E-state index contributed by atoms with van der Waals surface area (Å²) in [6.45, 7) is 4.56. The Bertz CT molecular complexity index is 1170. The smallest absolute Gasteiger partial charge is 0.159 e. The number of fused-ring (bicyclic) bond motifs is 1. The van der Waals surface area contributed by atoms with Gasteiger partial charge in [0.15, 0.2) is 5.82 Å². The molecule has 4 aromatic rings. The average Bonchev–Trinajstić information content (AvgIpc) is 3.14. The van der Waals surface area contributed by atoms with Gasteiger partial charge in [-0.25, -0.2) is 19.0 Å². The molecule has 0 saturated carbocycles. The molecule has 6 nitrogen and oxygen atoms in total. The zero-order valence-electron chi connectivity index (χ0n) is 16.7. The first-order valence-corrected chi connectivity index (χ1v) is 9.94. The minimum Gasteiger partial charge on any atom is -0.294 e. The van der Waals surface area contributed by atoms with Gasteiger partial charge in [-0.2, -0.15) is 5.10 Å². The van der Waals surface area contributed by atoms with E-state index in [4.69, 9.17) is 4.98 Å². The number of rotatable bonds is 4. The summed E-state index contributed by atoms with van der Waals surface area (Å²) in [7, 11) is 0. The monoisotopic (exact) mass is 400 g/mol. The predicted octanol–water partition coefficient (Wildman–Crippen LogP) is 3.73. The molecule has 1 aliphatic heterocycles. The predicted molar refractivity (Wildman–Crippen MR) is 111 cm³/mol. The van der Waals surface area contributed by atoms with E-state index >= 15 is 0 Å². The molecule has 7 heteroatoms. The molecular weight excluding hydrogens is 379 g/mol. The van der Waals surface area contributed by atoms with Crippen LogP contribution in [-0.4, -0.2) is 36.2 Å². The van der Waals surface area contributed by atoms with Crippen molar-refractivity contribution in [2.24, 2.45) is 0 Å². The zero-order chi connectivity index (χ0) is 20.5. The van der Waals surface area contributed by atoms with Gasteiger partial charge in [-0.05, 0) is 43.3 Å². The number of halogens is 1. The molecular formula is C23H21FN6. The van der Waals surface area contributed by atoms with Crippen molar-refractivity contribution in [3.8, 4) is 17.1 Å². The molecule has 1 aliphatic rings. The Labute approximate surface area is 174 Å². The number of aryl methyl sites for hydroxylation is 1. The number of benzene rings is 1. The van der Waals surface area contributed by atoms with Crippen LogP contribution in [0.3, 0.4) is 0 Å². The Morgan fingerprint density at radius 1 is 1.07 bits per heavy atom. The van der Waals surface area contributed by atoms with Crippen LogP contribution in [0.2, 0.25) is 0 Å². The van der Waals surface area contributed by atoms with Crippen LogP contribution in [0.15, 0.2) is 61.2 Å². The lowest BCUT2D eigenvalue weighted by Gasteiger charge is -2.27. The van der Waals surface area contributed by atoms with Gasteiger partial charge in [0.25, 0.3) is 0 Å². The standard InChI is InChI=1S/C23H21FN6/c1-16-19(15-30(28-16)21-4-2-20(24)3-5-21)14-29-11-8-22-18(13-29)12-26-23(27-22)17-6-9-25-10-7-17/h2-7,9-10,12,15H,8,11,13-14H2,1H3. The second-order valence-corrected chi connectivity index (χ2v) is 7.52. The van der Waals surface area contributed by atoms with E-state index in [1.807, 2.05) is 36.1 Å². The fourth-order valence-corrected chi connectivity index (χ4v) is 3.77. The largest absolute Gasteiger partial charge is 0.294 e. The maximum Gasteiger partial charge on any atom is 0.159 e. The second-order valence-electron chi connectivity index (χ2n) is 7.52. The van der Waals surface area contributed by atoms with Gasteiger partial charge in [-0.1, -0.05) is 0 Å². The maximum absolute atomic E-state index is 13.2. The van der Waals surface area contributed by atoms with Crippen LogP contribution in [0.5, 0.6) is 0 Å². The third kappa shape index (κ3) is 3.71. The van der Waals surface area contributed by atoms with E-state index in [0.29, 0.717) is 0 Å². The normalized spacial score (nSPS) is 13.9.